The van der Waals surface area contributed by atoms with Crippen LogP contribution in [0.5, 0.6) is 0 Å². The van der Waals surface area contributed by atoms with Gasteiger partial charge in [-0.05, 0) is 82.1 Å². The Bertz CT molecular complexity index is 1480. The number of aryl methyl sites for hydroxylation is 2. The summed E-state index contributed by atoms with van der Waals surface area (Å²) in [7, 11) is 2.25. The number of benzene rings is 2. The van der Waals surface area contributed by atoms with Gasteiger partial charge in [-0.25, -0.2) is 4.98 Å². The van der Waals surface area contributed by atoms with Crippen molar-refractivity contribution in [3.63, 3.8) is 0 Å². The largest absolute Gasteiger partial charge is 0.368 e. The van der Waals surface area contributed by atoms with Crippen molar-refractivity contribution in [2.45, 2.75) is 58.3 Å². The van der Waals surface area contributed by atoms with Gasteiger partial charge in [0.2, 0.25) is 0 Å². The minimum atomic E-state index is -0.204. The van der Waals surface area contributed by atoms with Crippen LogP contribution in [0.3, 0.4) is 0 Å². The van der Waals surface area contributed by atoms with Crippen LogP contribution in [0.25, 0.3) is 22.3 Å². The molecule has 2 aromatic carbocycles. The summed E-state index contributed by atoms with van der Waals surface area (Å²) >= 11 is 0. The normalized spacial score (nSPS) is 20.2. The topological polar surface area (TPSA) is 66.3 Å². The van der Waals surface area contributed by atoms with E-state index in [-0.39, 0.29) is 11.9 Å². The molecule has 7 nitrogen and oxygen atoms in total. The summed E-state index contributed by atoms with van der Waals surface area (Å²) < 4.78 is 1.90. The number of anilines is 1. The van der Waals surface area contributed by atoms with Crippen LogP contribution in [0.4, 0.5) is 5.69 Å². The van der Waals surface area contributed by atoms with Crippen LogP contribution in [0.1, 0.15) is 54.2 Å². The Labute approximate surface area is 224 Å². The molecule has 38 heavy (non-hydrogen) atoms. The van der Waals surface area contributed by atoms with Crippen molar-refractivity contribution in [2.75, 3.05) is 25.0 Å². The number of fused-ring (bicyclic) bond motifs is 3. The highest BCUT2D eigenvalue weighted by atomic mass is 16.1. The lowest BCUT2D eigenvalue weighted by molar-refractivity contribution is 0.0939. The molecule has 2 aliphatic rings. The number of carbonyl (C=O) groups is 1. The van der Waals surface area contributed by atoms with E-state index in [9.17, 15) is 4.79 Å². The molecule has 2 bridgehead atoms. The van der Waals surface area contributed by atoms with Crippen LogP contribution in [-0.4, -0.2) is 57.8 Å². The van der Waals surface area contributed by atoms with Crippen molar-refractivity contribution in [2.24, 2.45) is 0 Å². The molecule has 4 heterocycles. The molecule has 0 radical (unpaired) electrons. The molecular formula is C31H36N6O. The van der Waals surface area contributed by atoms with E-state index < -0.39 is 0 Å². The van der Waals surface area contributed by atoms with E-state index in [1.807, 2.05) is 49.0 Å². The molecule has 3 atom stereocenters. The van der Waals surface area contributed by atoms with Crippen LogP contribution in [0.15, 0.2) is 60.8 Å². The second-order valence-electron chi connectivity index (χ2n) is 10.8. The van der Waals surface area contributed by atoms with Crippen LogP contribution in [0, 0.1) is 6.92 Å². The molecule has 2 unspecified atom stereocenters. The maximum absolute atomic E-state index is 13.6. The standard InChI is InChI=1S/C31H36N6O/c1-5-37-15-14-29(34-37)30-17-27(25-8-6-7-9-28(25)33-30)21(3)32-31(38)26-16-22(11-10-20(26)2)36-18-23-12-13-24(19-36)35(23)4/h6-11,14-17,21,23-24H,5,12-13,18-19H2,1-4H3,(H,32,38)/t21-,23?,24?/m1/s1. The summed E-state index contributed by atoms with van der Waals surface area (Å²) in [5, 5.41) is 8.99. The fourth-order valence-corrected chi connectivity index (χ4v) is 6.09. The van der Waals surface area contributed by atoms with Crippen LogP contribution >= 0.6 is 0 Å². The van der Waals surface area contributed by atoms with Gasteiger partial charge in [-0.3, -0.25) is 14.4 Å². The smallest absolute Gasteiger partial charge is 0.252 e. The Kier molecular flexibility index (Phi) is 6.40. The van der Waals surface area contributed by atoms with E-state index in [1.165, 1.54) is 12.8 Å². The molecule has 2 saturated heterocycles. The predicted octanol–water partition coefficient (Wildman–Crippen LogP) is 5.20. The van der Waals surface area contributed by atoms with E-state index in [0.29, 0.717) is 12.1 Å². The number of pyridine rings is 1. The zero-order valence-corrected chi connectivity index (χ0v) is 22.7. The van der Waals surface area contributed by atoms with Crippen molar-refractivity contribution in [1.82, 2.24) is 25.0 Å². The quantitative estimate of drug-likeness (QED) is 0.388. The monoisotopic (exact) mass is 508 g/mol. The van der Waals surface area contributed by atoms with Gasteiger partial charge >= 0.3 is 0 Å². The van der Waals surface area contributed by atoms with E-state index in [1.54, 1.807) is 0 Å². The Morgan fingerprint density at radius 2 is 1.82 bits per heavy atom. The SMILES string of the molecule is CCn1ccc(-c2cc([C@@H](C)NC(=O)c3cc(N4CC5CCC(C4)N5C)ccc3C)c3ccccc3n2)n1. The Morgan fingerprint density at radius 1 is 1.05 bits per heavy atom. The van der Waals surface area contributed by atoms with Gasteiger partial charge in [0.15, 0.2) is 0 Å². The number of piperazine rings is 1. The maximum Gasteiger partial charge on any atom is 0.252 e. The third kappa shape index (κ3) is 4.45. The lowest BCUT2D eigenvalue weighted by Crippen LogP contribution is -2.52. The zero-order chi connectivity index (χ0) is 26.4. The van der Waals surface area contributed by atoms with Crippen molar-refractivity contribution in [3.05, 3.63) is 77.5 Å². The number of nitrogens with one attached hydrogen (secondary N) is 1. The van der Waals surface area contributed by atoms with Crippen molar-refractivity contribution >= 4 is 22.5 Å². The highest BCUT2D eigenvalue weighted by Gasteiger charge is 2.37. The molecule has 2 fully saturated rings. The van der Waals surface area contributed by atoms with Gasteiger partial charge in [-0.15, -0.1) is 0 Å². The number of aromatic nitrogens is 3. The van der Waals surface area contributed by atoms with Crippen molar-refractivity contribution < 1.29 is 4.79 Å². The number of hydrogen-bond acceptors (Lipinski definition) is 5. The third-order valence-electron chi connectivity index (χ3n) is 8.47. The Hall–Kier alpha value is -3.71. The maximum atomic E-state index is 13.6. The number of likely N-dealkylation sites (N-methyl/N-ethyl adjacent to an activating group) is 1. The summed E-state index contributed by atoms with van der Waals surface area (Å²) in [5.74, 6) is -0.0494. The molecule has 196 valence electrons. The second kappa shape index (κ2) is 9.87. The molecule has 0 aliphatic carbocycles. The summed E-state index contributed by atoms with van der Waals surface area (Å²) in [6.07, 6.45) is 4.49. The fourth-order valence-electron chi connectivity index (χ4n) is 6.09. The lowest BCUT2D eigenvalue weighted by Gasteiger charge is -2.40. The third-order valence-corrected chi connectivity index (χ3v) is 8.47. The highest BCUT2D eigenvalue weighted by Crippen LogP contribution is 2.33. The minimum Gasteiger partial charge on any atom is -0.368 e. The van der Waals surface area contributed by atoms with Gasteiger partial charge in [0.05, 0.1) is 17.3 Å². The van der Waals surface area contributed by atoms with E-state index in [0.717, 1.165) is 64.3 Å². The number of para-hydroxylation sites is 1. The number of nitrogens with zero attached hydrogens (tertiary/aromatic N) is 5. The summed E-state index contributed by atoms with van der Waals surface area (Å²) in [4.78, 5) is 23.5. The van der Waals surface area contributed by atoms with Crippen LogP contribution in [-0.2, 0) is 6.54 Å². The zero-order valence-electron chi connectivity index (χ0n) is 22.7. The Balaban J connectivity index is 1.28. The predicted molar refractivity (Wildman–Crippen MR) is 152 cm³/mol. The second-order valence-corrected chi connectivity index (χ2v) is 10.8. The summed E-state index contributed by atoms with van der Waals surface area (Å²) in [5.41, 5.74) is 6.45. The van der Waals surface area contributed by atoms with Gasteiger partial charge < -0.3 is 10.2 Å². The molecule has 1 N–H and O–H groups in total. The fraction of sp³-hybridized carbons (Fsp3) is 0.387. The molecule has 7 heteroatoms. The number of rotatable bonds is 6. The molecular weight excluding hydrogens is 472 g/mol. The van der Waals surface area contributed by atoms with E-state index in [2.05, 4.69) is 64.5 Å². The summed E-state index contributed by atoms with van der Waals surface area (Å²) in [6.45, 7) is 8.98. The lowest BCUT2D eigenvalue weighted by atomic mass is 10.00. The van der Waals surface area contributed by atoms with Gasteiger partial charge in [0.1, 0.15) is 5.69 Å². The summed E-state index contributed by atoms with van der Waals surface area (Å²) in [6, 6.07) is 19.5. The van der Waals surface area contributed by atoms with Gasteiger partial charge in [0, 0.05) is 54.6 Å². The number of carbonyl (C=O) groups excluding carboxylic acids is 1. The molecule has 2 aromatic heterocycles. The van der Waals surface area contributed by atoms with Gasteiger partial charge in [-0.2, -0.15) is 5.10 Å². The van der Waals surface area contributed by atoms with Gasteiger partial charge in [0.25, 0.3) is 5.91 Å². The average molecular weight is 509 g/mol. The van der Waals surface area contributed by atoms with Crippen molar-refractivity contribution in [1.29, 1.82) is 0 Å². The first-order valence-corrected chi connectivity index (χ1v) is 13.7. The van der Waals surface area contributed by atoms with Crippen molar-refractivity contribution in [3.8, 4) is 11.4 Å². The van der Waals surface area contributed by atoms with Crippen LogP contribution in [0.2, 0.25) is 0 Å². The Morgan fingerprint density at radius 3 is 2.55 bits per heavy atom. The first-order valence-electron chi connectivity index (χ1n) is 13.7. The minimum absolute atomic E-state index is 0.0494. The first-order chi connectivity index (χ1) is 18.4. The number of hydrogen-bond donors (Lipinski definition) is 1. The molecule has 0 saturated carbocycles. The average Bonchev–Trinajstić information content (AvgIpc) is 3.47. The molecule has 1 amide bonds. The molecule has 0 spiro atoms. The first kappa shape index (κ1) is 24.6. The molecule has 4 aromatic rings. The highest BCUT2D eigenvalue weighted by molar-refractivity contribution is 5.97. The van der Waals surface area contributed by atoms with E-state index >= 15 is 0 Å². The van der Waals surface area contributed by atoms with E-state index in [4.69, 9.17) is 4.98 Å². The van der Waals surface area contributed by atoms with Gasteiger partial charge in [-0.1, -0.05) is 24.3 Å². The van der Waals surface area contributed by atoms with Crippen LogP contribution < -0.4 is 10.2 Å². The molecule has 6 rings (SSSR count). The molecule has 2 aliphatic heterocycles. The number of amides is 1.